The molecule has 0 radical (unpaired) electrons. The molecule has 1 saturated heterocycles. The van der Waals surface area contributed by atoms with Gasteiger partial charge < -0.3 is 10.0 Å². The number of nitrogens with zero attached hydrogens (tertiary/aromatic N) is 1. The van der Waals surface area contributed by atoms with Gasteiger partial charge in [-0.25, -0.2) is 0 Å². The summed E-state index contributed by atoms with van der Waals surface area (Å²) >= 11 is 7.44. The third-order valence-corrected chi connectivity index (χ3v) is 3.82. The predicted octanol–water partition coefficient (Wildman–Crippen LogP) is 1.78. The van der Waals surface area contributed by atoms with Crippen LogP contribution >= 0.6 is 23.4 Å². The van der Waals surface area contributed by atoms with E-state index in [-0.39, 0.29) is 12.0 Å². The zero-order chi connectivity index (χ0) is 12.3. The van der Waals surface area contributed by atoms with Gasteiger partial charge in [0.2, 0.25) is 5.91 Å². The van der Waals surface area contributed by atoms with Gasteiger partial charge >= 0.3 is 0 Å². The maximum atomic E-state index is 11.6. The first-order chi connectivity index (χ1) is 8.15. The van der Waals surface area contributed by atoms with Crippen LogP contribution in [0, 0.1) is 0 Å². The van der Waals surface area contributed by atoms with Crippen LogP contribution < -0.4 is 0 Å². The van der Waals surface area contributed by atoms with Gasteiger partial charge in [-0.05, 0) is 17.7 Å². The summed E-state index contributed by atoms with van der Waals surface area (Å²) in [6.45, 7) is 0.965. The maximum absolute atomic E-state index is 11.6. The standard InChI is InChI=1S/C12H14ClNO2S/c13-10-3-1-2-9(4-10)7-17-8-12(16)14-5-11(15)6-14/h1-4,11,15H,5-8H2. The van der Waals surface area contributed by atoms with Crippen LogP contribution in [0.2, 0.25) is 5.02 Å². The number of carbonyl (C=O) groups excluding carboxylic acids is 1. The third-order valence-electron chi connectivity index (χ3n) is 2.60. The molecule has 0 aromatic heterocycles. The molecule has 5 heteroatoms. The Morgan fingerprint density at radius 3 is 2.94 bits per heavy atom. The van der Waals surface area contributed by atoms with Gasteiger partial charge in [0.15, 0.2) is 0 Å². The summed E-state index contributed by atoms with van der Waals surface area (Å²) in [7, 11) is 0. The molecule has 1 heterocycles. The lowest BCUT2D eigenvalue weighted by atomic mass is 10.2. The van der Waals surface area contributed by atoms with E-state index >= 15 is 0 Å². The Bertz CT molecular complexity index is 407. The predicted molar refractivity (Wildman–Crippen MR) is 70.2 cm³/mol. The second-order valence-corrected chi connectivity index (χ2v) is 5.50. The van der Waals surface area contributed by atoms with E-state index in [2.05, 4.69) is 0 Å². The van der Waals surface area contributed by atoms with Crippen LogP contribution in [-0.2, 0) is 10.5 Å². The molecule has 1 aromatic rings. The summed E-state index contributed by atoms with van der Waals surface area (Å²) in [5.74, 6) is 1.34. The van der Waals surface area contributed by atoms with Crippen LogP contribution in [0.3, 0.4) is 0 Å². The van der Waals surface area contributed by atoms with Crippen LogP contribution in [0.4, 0.5) is 0 Å². The average Bonchev–Trinajstić information content (AvgIpc) is 2.25. The SMILES string of the molecule is O=C(CSCc1cccc(Cl)c1)N1CC(O)C1. The van der Waals surface area contributed by atoms with Gasteiger partial charge in [0.1, 0.15) is 0 Å². The number of benzene rings is 1. The number of hydrogen-bond donors (Lipinski definition) is 1. The van der Waals surface area contributed by atoms with Crippen LogP contribution in [0.1, 0.15) is 5.56 Å². The highest BCUT2D eigenvalue weighted by Gasteiger charge is 2.28. The molecule has 3 nitrogen and oxygen atoms in total. The van der Waals surface area contributed by atoms with E-state index in [1.807, 2.05) is 24.3 Å². The molecule has 2 rings (SSSR count). The second-order valence-electron chi connectivity index (χ2n) is 4.08. The number of carbonyl (C=O) groups is 1. The van der Waals surface area contributed by atoms with Crippen LogP contribution in [0.15, 0.2) is 24.3 Å². The van der Waals surface area contributed by atoms with E-state index in [1.54, 1.807) is 16.7 Å². The number of hydrogen-bond acceptors (Lipinski definition) is 3. The largest absolute Gasteiger partial charge is 0.389 e. The van der Waals surface area contributed by atoms with E-state index < -0.39 is 0 Å². The Morgan fingerprint density at radius 1 is 1.53 bits per heavy atom. The molecule has 1 amide bonds. The lowest BCUT2D eigenvalue weighted by Gasteiger charge is -2.35. The van der Waals surface area contributed by atoms with Crippen molar-refractivity contribution in [2.45, 2.75) is 11.9 Å². The van der Waals surface area contributed by atoms with Crippen molar-refractivity contribution >= 4 is 29.3 Å². The van der Waals surface area contributed by atoms with Crippen molar-refractivity contribution in [3.63, 3.8) is 0 Å². The lowest BCUT2D eigenvalue weighted by Crippen LogP contribution is -2.54. The summed E-state index contributed by atoms with van der Waals surface area (Å²) in [6, 6.07) is 7.65. The van der Waals surface area contributed by atoms with Gasteiger partial charge in [0, 0.05) is 23.9 Å². The second kappa shape index (κ2) is 5.76. The van der Waals surface area contributed by atoms with Crippen molar-refractivity contribution in [2.75, 3.05) is 18.8 Å². The Labute approximate surface area is 110 Å². The molecule has 0 saturated carbocycles. The molecular weight excluding hydrogens is 258 g/mol. The molecule has 0 bridgehead atoms. The number of β-amino-alcohol motifs (C(OH)–C–C–N with tert-alkyl or cyclic N) is 1. The first kappa shape index (κ1) is 12.7. The van der Waals surface area contributed by atoms with Gasteiger partial charge in [-0.15, -0.1) is 11.8 Å². The number of likely N-dealkylation sites (tertiary alicyclic amines) is 1. The van der Waals surface area contributed by atoms with Crippen molar-refractivity contribution in [2.24, 2.45) is 0 Å². The summed E-state index contributed by atoms with van der Waals surface area (Å²) in [5, 5.41) is 9.81. The first-order valence-corrected chi connectivity index (χ1v) is 6.96. The Morgan fingerprint density at radius 2 is 2.29 bits per heavy atom. The summed E-state index contributed by atoms with van der Waals surface area (Å²) in [6.07, 6.45) is -0.322. The zero-order valence-electron chi connectivity index (χ0n) is 9.30. The average molecular weight is 272 g/mol. The molecule has 17 heavy (non-hydrogen) atoms. The smallest absolute Gasteiger partial charge is 0.232 e. The van der Waals surface area contributed by atoms with Crippen molar-refractivity contribution < 1.29 is 9.90 Å². The van der Waals surface area contributed by atoms with Gasteiger partial charge in [0.05, 0.1) is 11.9 Å². The first-order valence-electron chi connectivity index (χ1n) is 5.43. The fraction of sp³-hybridized carbons (Fsp3) is 0.417. The van der Waals surface area contributed by atoms with E-state index in [0.29, 0.717) is 18.8 Å². The molecule has 92 valence electrons. The number of halogens is 1. The molecule has 1 N–H and O–H groups in total. The summed E-state index contributed by atoms with van der Waals surface area (Å²) in [5.41, 5.74) is 1.12. The summed E-state index contributed by atoms with van der Waals surface area (Å²) in [4.78, 5) is 13.3. The number of amides is 1. The van der Waals surface area contributed by atoms with Gasteiger partial charge in [-0.2, -0.15) is 0 Å². The molecule has 1 aromatic carbocycles. The molecule has 0 aliphatic carbocycles. The molecule has 1 aliphatic heterocycles. The minimum absolute atomic E-state index is 0.0994. The molecule has 0 spiro atoms. The Kier molecular flexibility index (Phi) is 4.31. The highest BCUT2D eigenvalue weighted by atomic mass is 35.5. The fourth-order valence-corrected chi connectivity index (χ4v) is 2.72. The number of aliphatic hydroxyl groups is 1. The van der Waals surface area contributed by atoms with Gasteiger partial charge in [-0.3, -0.25) is 4.79 Å². The van der Waals surface area contributed by atoms with Crippen molar-refractivity contribution in [3.05, 3.63) is 34.9 Å². The Hall–Kier alpha value is -0.710. The fourth-order valence-electron chi connectivity index (χ4n) is 1.63. The number of aliphatic hydroxyl groups excluding tert-OH is 1. The van der Waals surface area contributed by atoms with Crippen LogP contribution in [-0.4, -0.2) is 40.9 Å². The van der Waals surface area contributed by atoms with E-state index in [1.165, 1.54) is 0 Å². The zero-order valence-corrected chi connectivity index (χ0v) is 10.9. The van der Waals surface area contributed by atoms with Gasteiger partial charge in [0.25, 0.3) is 0 Å². The maximum Gasteiger partial charge on any atom is 0.232 e. The van der Waals surface area contributed by atoms with Crippen molar-refractivity contribution in [1.29, 1.82) is 0 Å². The molecule has 0 atom stereocenters. The summed E-state index contributed by atoms with van der Waals surface area (Å²) < 4.78 is 0. The monoisotopic (exact) mass is 271 g/mol. The van der Waals surface area contributed by atoms with E-state index in [9.17, 15) is 4.79 Å². The lowest BCUT2D eigenvalue weighted by molar-refractivity contribution is -0.138. The van der Waals surface area contributed by atoms with E-state index in [0.717, 1.165) is 16.3 Å². The molecular formula is C12H14ClNO2S. The molecule has 0 unspecified atom stereocenters. The normalized spacial score (nSPS) is 15.8. The highest BCUT2D eigenvalue weighted by molar-refractivity contribution is 7.99. The third kappa shape index (κ3) is 3.63. The van der Waals surface area contributed by atoms with Crippen LogP contribution in [0.5, 0.6) is 0 Å². The van der Waals surface area contributed by atoms with E-state index in [4.69, 9.17) is 16.7 Å². The van der Waals surface area contributed by atoms with Crippen molar-refractivity contribution in [1.82, 2.24) is 4.90 Å². The highest BCUT2D eigenvalue weighted by Crippen LogP contribution is 2.18. The molecule has 1 aliphatic rings. The quantitative estimate of drug-likeness (QED) is 0.908. The van der Waals surface area contributed by atoms with Crippen molar-refractivity contribution in [3.8, 4) is 0 Å². The molecule has 1 fully saturated rings. The Balaban J connectivity index is 1.71. The van der Waals surface area contributed by atoms with Crippen LogP contribution in [0.25, 0.3) is 0 Å². The topological polar surface area (TPSA) is 40.5 Å². The minimum atomic E-state index is -0.322. The number of rotatable bonds is 4. The van der Waals surface area contributed by atoms with Gasteiger partial charge in [-0.1, -0.05) is 23.7 Å². The minimum Gasteiger partial charge on any atom is -0.389 e. The number of thioether (sulfide) groups is 1.